The first-order chi connectivity index (χ1) is 10.2. The number of aromatic nitrogens is 2. The molecular formula is C15H21N5O. The van der Waals surface area contributed by atoms with Crippen LogP contribution >= 0.6 is 0 Å². The smallest absolute Gasteiger partial charge is 0.275 e. The van der Waals surface area contributed by atoms with Gasteiger partial charge in [0, 0.05) is 51.7 Å². The van der Waals surface area contributed by atoms with Gasteiger partial charge in [-0.1, -0.05) is 18.2 Å². The standard InChI is InChI=1S/C15H21N5O/c1-18-13-5-3-2-4-12(13)14(17-18)15(21)20-10-8-19(7-6-16)9-11-20/h2-5H,6-11,16H2,1H3. The molecule has 6 nitrogen and oxygen atoms in total. The Labute approximate surface area is 124 Å². The number of carbonyl (C=O) groups excluding carboxylic acids is 1. The fourth-order valence-electron chi connectivity index (χ4n) is 2.88. The van der Waals surface area contributed by atoms with E-state index in [0.717, 1.165) is 43.6 Å². The summed E-state index contributed by atoms with van der Waals surface area (Å²) in [6.45, 7) is 4.81. The minimum absolute atomic E-state index is 0.0270. The van der Waals surface area contributed by atoms with E-state index in [4.69, 9.17) is 5.73 Å². The van der Waals surface area contributed by atoms with Gasteiger partial charge in [-0.05, 0) is 6.07 Å². The maximum absolute atomic E-state index is 12.7. The molecule has 1 aliphatic rings. The van der Waals surface area contributed by atoms with E-state index in [9.17, 15) is 4.79 Å². The third kappa shape index (κ3) is 2.64. The van der Waals surface area contributed by atoms with Gasteiger partial charge in [0.15, 0.2) is 5.69 Å². The SMILES string of the molecule is Cn1nc(C(=O)N2CCN(CCN)CC2)c2ccccc21. The number of nitrogens with two attached hydrogens (primary N) is 1. The topological polar surface area (TPSA) is 67.4 Å². The maximum Gasteiger partial charge on any atom is 0.275 e. The third-order valence-electron chi connectivity index (χ3n) is 4.07. The molecule has 0 unspecified atom stereocenters. The molecule has 1 amide bonds. The zero-order valence-electron chi connectivity index (χ0n) is 12.3. The Balaban J connectivity index is 1.79. The number of piperazine rings is 1. The Morgan fingerprint density at radius 1 is 1.24 bits per heavy atom. The molecule has 2 heterocycles. The predicted molar refractivity (Wildman–Crippen MR) is 82.1 cm³/mol. The molecule has 2 N–H and O–H groups in total. The summed E-state index contributed by atoms with van der Waals surface area (Å²) in [5, 5.41) is 5.34. The molecule has 3 rings (SSSR count). The summed E-state index contributed by atoms with van der Waals surface area (Å²) in [5.74, 6) is 0.0270. The van der Waals surface area contributed by atoms with E-state index in [1.165, 1.54) is 0 Å². The first-order valence-electron chi connectivity index (χ1n) is 7.34. The van der Waals surface area contributed by atoms with Gasteiger partial charge in [0.05, 0.1) is 5.52 Å². The summed E-state index contributed by atoms with van der Waals surface area (Å²) in [6, 6.07) is 7.85. The van der Waals surface area contributed by atoms with E-state index in [1.54, 1.807) is 4.68 Å². The molecule has 1 aromatic carbocycles. The molecule has 1 aromatic heterocycles. The summed E-state index contributed by atoms with van der Waals surface area (Å²) in [4.78, 5) is 16.9. The lowest BCUT2D eigenvalue weighted by molar-refractivity contribution is 0.0636. The van der Waals surface area contributed by atoms with Crippen molar-refractivity contribution in [2.24, 2.45) is 12.8 Å². The van der Waals surface area contributed by atoms with Crippen molar-refractivity contribution >= 4 is 16.8 Å². The zero-order valence-corrected chi connectivity index (χ0v) is 12.3. The normalized spacial score (nSPS) is 16.6. The molecule has 112 valence electrons. The molecule has 21 heavy (non-hydrogen) atoms. The minimum Gasteiger partial charge on any atom is -0.335 e. The second kappa shape index (κ2) is 5.83. The van der Waals surface area contributed by atoms with E-state index in [0.29, 0.717) is 12.2 Å². The monoisotopic (exact) mass is 287 g/mol. The molecule has 1 fully saturated rings. The molecule has 0 spiro atoms. The van der Waals surface area contributed by atoms with Crippen molar-refractivity contribution in [2.45, 2.75) is 0 Å². The maximum atomic E-state index is 12.7. The van der Waals surface area contributed by atoms with Crippen LogP contribution in [0.3, 0.4) is 0 Å². The number of hydrogen-bond acceptors (Lipinski definition) is 4. The van der Waals surface area contributed by atoms with Crippen LogP contribution in [-0.2, 0) is 7.05 Å². The number of hydrogen-bond donors (Lipinski definition) is 1. The summed E-state index contributed by atoms with van der Waals surface area (Å²) in [5.41, 5.74) is 7.12. The highest BCUT2D eigenvalue weighted by molar-refractivity contribution is 6.04. The third-order valence-corrected chi connectivity index (χ3v) is 4.07. The van der Waals surface area contributed by atoms with E-state index in [2.05, 4.69) is 10.00 Å². The van der Waals surface area contributed by atoms with Gasteiger partial charge in [0.2, 0.25) is 0 Å². The summed E-state index contributed by atoms with van der Waals surface area (Å²) in [7, 11) is 1.87. The molecule has 0 bridgehead atoms. The number of amides is 1. The van der Waals surface area contributed by atoms with E-state index >= 15 is 0 Å². The molecule has 1 aliphatic heterocycles. The predicted octanol–water partition coefficient (Wildman–Crippen LogP) is 0.290. The van der Waals surface area contributed by atoms with E-state index in [-0.39, 0.29) is 5.91 Å². The summed E-state index contributed by atoms with van der Waals surface area (Å²) < 4.78 is 1.77. The molecule has 0 saturated carbocycles. The largest absolute Gasteiger partial charge is 0.335 e. The average molecular weight is 287 g/mol. The van der Waals surface area contributed by atoms with E-state index in [1.807, 2.05) is 36.2 Å². The Morgan fingerprint density at radius 3 is 2.67 bits per heavy atom. The minimum atomic E-state index is 0.0270. The van der Waals surface area contributed by atoms with Gasteiger partial charge in [0.1, 0.15) is 0 Å². The van der Waals surface area contributed by atoms with Crippen LogP contribution < -0.4 is 5.73 Å². The van der Waals surface area contributed by atoms with Gasteiger partial charge < -0.3 is 10.6 Å². The van der Waals surface area contributed by atoms with Crippen LogP contribution in [0.5, 0.6) is 0 Å². The van der Waals surface area contributed by atoms with Crippen LogP contribution in [0, 0.1) is 0 Å². The molecular weight excluding hydrogens is 266 g/mol. The molecule has 1 saturated heterocycles. The Morgan fingerprint density at radius 2 is 1.95 bits per heavy atom. The lowest BCUT2D eigenvalue weighted by atomic mass is 10.2. The Bertz CT molecular complexity index is 643. The molecule has 0 aliphatic carbocycles. The van der Waals surface area contributed by atoms with Crippen LogP contribution in [0.15, 0.2) is 24.3 Å². The molecule has 0 radical (unpaired) electrons. The number of fused-ring (bicyclic) bond motifs is 1. The Hall–Kier alpha value is -1.92. The zero-order chi connectivity index (χ0) is 14.8. The number of para-hydroxylation sites is 1. The lowest BCUT2D eigenvalue weighted by Crippen LogP contribution is -2.49. The van der Waals surface area contributed by atoms with Crippen molar-refractivity contribution in [3.05, 3.63) is 30.0 Å². The summed E-state index contributed by atoms with van der Waals surface area (Å²) in [6.07, 6.45) is 0. The number of benzene rings is 1. The number of carbonyl (C=O) groups is 1. The van der Waals surface area contributed by atoms with Gasteiger partial charge in [-0.15, -0.1) is 0 Å². The fourth-order valence-corrected chi connectivity index (χ4v) is 2.88. The van der Waals surface area contributed by atoms with Crippen molar-refractivity contribution in [1.29, 1.82) is 0 Å². The highest BCUT2D eigenvalue weighted by Crippen LogP contribution is 2.19. The van der Waals surface area contributed by atoms with Crippen molar-refractivity contribution in [2.75, 3.05) is 39.3 Å². The van der Waals surface area contributed by atoms with Crippen molar-refractivity contribution < 1.29 is 4.79 Å². The van der Waals surface area contributed by atoms with Crippen LogP contribution in [0.25, 0.3) is 10.9 Å². The van der Waals surface area contributed by atoms with Crippen LogP contribution in [0.1, 0.15) is 10.5 Å². The quantitative estimate of drug-likeness (QED) is 0.881. The molecule has 0 atom stereocenters. The Kier molecular flexibility index (Phi) is 3.90. The van der Waals surface area contributed by atoms with Gasteiger partial charge in [-0.2, -0.15) is 5.10 Å². The van der Waals surface area contributed by atoms with Gasteiger partial charge in [-0.3, -0.25) is 14.4 Å². The second-order valence-electron chi connectivity index (χ2n) is 5.41. The van der Waals surface area contributed by atoms with Gasteiger partial charge >= 0.3 is 0 Å². The average Bonchev–Trinajstić information content (AvgIpc) is 2.85. The number of nitrogens with zero attached hydrogens (tertiary/aromatic N) is 4. The number of aryl methyl sites for hydroxylation is 1. The van der Waals surface area contributed by atoms with E-state index < -0.39 is 0 Å². The lowest BCUT2D eigenvalue weighted by Gasteiger charge is -2.34. The van der Waals surface area contributed by atoms with Crippen molar-refractivity contribution in [3.63, 3.8) is 0 Å². The summed E-state index contributed by atoms with van der Waals surface area (Å²) >= 11 is 0. The fraction of sp³-hybridized carbons (Fsp3) is 0.467. The van der Waals surface area contributed by atoms with Gasteiger partial charge in [-0.25, -0.2) is 0 Å². The highest BCUT2D eigenvalue weighted by Gasteiger charge is 2.25. The van der Waals surface area contributed by atoms with Crippen LogP contribution in [0.4, 0.5) is 0 Å². The highest BCUT2D eigenvalue weighted by atomic mass is 16.2. The first-order valence-corrected chi connectivity index (χ1v) is 7.34. The second-order valence-corrected chi connectivity index (χ2v) is 5.41. The molecule has 2 aromatic rings. The van der Waals surface area contributed by atoms with Crippen LogP contribution in [0.2, 0.25) is 0 Å². The van der Waals surface area contributed by atoms with Gasteiger partial charge in [0.25, 0.3) is 5.91 Å². The molecule has 6 heteroatoms. The van der Waals surface area contributed by atoms with Crippen LogP contribution in [-0.4, -0.2) is 64.8 Å². The number of rotatable bonds is 3. The first kappa shape index (κ1) is 14.0. The van der Waals surface area contributed by atoms with Crippen molar-refractivity contribution in [3.8, 4) is 0 Å². The van der Waals surface area contributed by atoms with Crippen molar-refractivity contribution in [1.82, 2.24) is 19.6 Å².